The third kappa shape index (κ3) is 3.81. The largest absolute Gasteiger partial charge is 0.477 e. The van der Waals surface area contributed by atoms with Crippen molar-refractivity contribution in [3.8, 4) is 0 Å². The first-order chi connectivity index (χ1) is 8.69. The van der Waals surface area contributed by atoms with Crippen LogP contribution in [0.2, 0.25) is 0 Å². The molecule has 0 atom stereocenters. The predicted octanol–water partition coefficient (Wildman–Crippen LogP) is 2.40. The zero-order valence-electron chi connectivity index (χ0n) is 10.8. The van der Waals surface area contributed by atoms with Gasteiger partial charge in [-0.05, 0) is 49.4 Å². The summed E-state index contributed by atoms with van der Waals surface area (Å²) in [6.45, 7) is 5.21. The van der Waals surface area contributed by atoms with E-state index in [1.54, 1.807) is 12.3 Å². The molecule has 0 aromatic carbocycles. The van der Waals surface area contributed by atoms with Crippen LogP contribution in [0, 0.1) is 5.92 Å². The summed E-state index contributed by atoms with van der Waals surface area (Å²) >= 11 is 0. The Labute approximate surface area is 108 Å². The molecule has 1 aromatic heterocycles. The van der Waals surface area contributed by atoms with Gasteiger partial charge in [-0.15, -0.1) is 0 Å². The van der Waals surface area contributed by atoms with Gasteiger partial charge in [-0.25, -0.2) is 9.78 Å². The number of carboxylic acids is 1. The van der Waals surface area contributed by atoms with Gasteiger partial charge in [-0.3, -0.25) is 4.90 Å². The maximum Gasteiger partial charge on any atom is 0.354 e. The van der Waals surface area contributed by atoms with Crippen LogP contribution in [0.15, 0.2) is 18.3 Å². The smallest absolute Gasteiger partial charge is 0.354 e. The Morgan fingerprint density at radius 3 is 2.94 bits per heavy atom. The highest BCUT2D eigenvalue weighted by Gasteiger charge is 2.24. The van der Waals surface area contributed by atoms with Gasteiger partial charge in [0, 0.05) is 19.3 Å². The molecule has 0 amide bonds. The van der Waals surface area contributed by atoms with Crippen molar-refractivity contribution in [2.45, 2.75) is 32.7 Å². The first-order valence-electron chi connectivity index (χ1n) is 6.59. The van der Waals surface area contributed by atoms with Crippen LogP contribution < -0.4 is 0 Å². The predicted molar refractivity (Wildman–Crippen MR) is 69.5 cm³/mol. The van der Waals surface area contributed by atoms with Gasteiger partial charge in [-0.2, -0.15) is 0 Å². The maximum absolute atomic E-state index is 10.9. The highest BCUT2D eigenvalue weighted by Crippen LogP contribution is 2.30. The van der Waals surface area contributed by atoms with Crippen LogP contribution in [-0.4, -0.2) is 34.0 Å². The van der Waals surface area contributed by atoms with Crippen LogP contribution in [0.25, 0.3) is 0 Å². The third-order valence-electron chi connectivity index (χ3n) is 3.20. The summed E-state index contributed by atoms with van der Waals surface area (Å²) in [4.78, 5) is 17.1. The Balaban J connectivity index is 2.00. The van der Waals surface area contributed by atoms with Crippen LogP contribution in [-0.2, 0) is 6.54 Å². The van der Waals surface area contributed by atoms with Gasteiger partial charge in [0.2, 0.25) is 0 Å². The lowest BCUT2D eigenvalue weighted by Crippen LogP contribution is -2.26. The van der Waals surface area contributed by atoms with Crippen LogP contribution >= 0.6 is 0 Å². The number of carbonyl (C=O) groups is 1. The van der Waals surface area contributed by atoms with E-state index in [-0.39, 0.29) is 5.69 Å². The van der Waals surface area contributed by atoms with Gasteiger partial charge in [0.15, 0.2) is 0 Å². The first-order valence-corrected chi connectivity index (χ1v) is 6.59. The van der Waals surface area contributed by atoms with Crippen LogP contribution in [0.3, 0.4) is 0 Å². The molecule has 0 unspecified atom stereocenters. The molecule has 4 heteroatoms. The number of carboxylic acid groups (broad SMARTS) is 1. The molecule has 0 radical (unpaired) electrons. The van der Waals surface area contributed by atoms with E-state index in [1.165, 1.54) is 12.8 Å². The topological polar surface area (TPSA) is 53.4 Å². The van der Waals surface area contributed by atoms with E-state index in [0.717, 1.165) is 37.5 Å². The molecule has 98 valence electrons. The molecule has 0 aliphatic heterocycles. The summed E-state index contributed by atoms with van der Waals surface area (Å²) in [5.41, 5.74) is 1.17. The lowest BCUT2D eigenvalue weighted by Gasteiger charge is -2.21. The van der Waals surface area contributed by atoms with Crippen molar-refractivity contribution in [3.05, 3.63) is 29.6 Å². The maximum atomic E-state index is 10.9. The minimum absolute atomic E-state index is 0.135. The fourth-order valence-electron chi connectivity index (χ4n) is 2.16. The molecule has 0 saturated heterocycles. The SMILES string of the molecule is CCCN(Cc1ccnc(C(=O)O)c1)CC1CC1. The van der Waals surface area contributed by atoms with Crippen molar-refractivity contribution >= 4 is 5.97 Å². The molecule has 1 aromatic rings. The summed E-state index contributed by atoms with van der Waals surface area (Å²) in [5, 5.41) is 8.93. The van der Waals surface area contributed by atoms with Gasteiger partial charge < -0.3 is 5.11 Å². The molecule has 0 bridgehead atoms. The second-order valence-electron chi connectivity index (χ2n) is 5.03. The molecule has 1 heterocycles. The van der Waals surface area contributed by atoms with Crippen molar-refractivity contribution in [3.63, 3.8) is 0 Å². The average molecular weight is 248 g/mol. The molecule has 1 saturated carbocycles. The molecule has 1 aliphatic carbocycles. The molecule has 1 fully saturated rings. The molecular weight excluding hydrogens is 228 g/mol. The normalized spacial score (nSPS) is 15.0. The second-order valence-corrected chi connectivity index (χ2v) is 5.03. The van der Waals surface area contributed by atoms with E-state index in [1.807, 2.05) is 6.07 Å². The summed E-state index contributed by atoms with van der Waals surface area (Å²) in [6, 6.07) is 3.58. The van der Waals surface area contributed by atoms with E-state index < -0.39 is 5.97 Å². The minimum Gasteiger partial charge on any atom is -0.477 e. The van der Waals surface area contributed by atoms with E-state index in [2.05, 4.69) is 16.8 Å². The number of aromatic nitrogens is 1. The first kappa shape index (κ1) is 13.0. The Hall–Kier alpha value is -1.42. The Bertz CT molecular complexity index is 416. The van der Waals surface area contributed by atoms with Crippen LogP contribution in [0.5, 0.6) is 0 Å². The van der Waals surface area contributed by atoms with E-state index in [4.69, 9.17) is 5.11 Å². The molecule has 1 N–H and O–H groups in total. The molecule has 4 nitrogen and oxygen atoms in total. The molecule has 2 rings (SSSR count). The van der Waals surface area contributed by atoms with Crippen LogP contribution in [0.4, 0.5) is 0 Å². The van der Waals surface area contributed by atoms with Gasteiger partial charge in [-0.1, -0.05) is 6.92 Å². The van der Waals surface area contributed by atoms with Crippen LogP contribution in [0.1, 0.15) is 42.2 Å². The molecule has 1 aliphatic rings. The molecular formula is C14H20N2O2. The number of rotatable bonds is 7. The Morgan fingerprint density at radius 2 is 2.33 bits per heavy atom. The number of nitrogens with zero attached hydrogens (tertiary/aromatic N) is 2. The van der Waals surface area contributed by atoms with E-state index in [9.17, 15) is 4.79 Å². The zero-order valence-corrected chi connectivity index (χ0v) is 10.8. The van der Waals surface area contributed by atoms with Gasteiger partial charge >= 0.3 is 5.97 Å². The fraction of sp³-hybridized carbons (Fsp3) is 0.571. The van der Waals surface area contributed by atoms with Crippen molar-refractivity contribution in [1.29, 1.82) is 0 Å². The Kier molecular flexibility index (Phi) is 4.31. The van der Waals surface area contributed by atoms with Gasteiger partial charge in [0.05, 0.1) is 0 Å². The number of pyridine rings is 1. The van der Waals surface area contributed by atoms with Crippen molar-refractivity contribution in [2.75, 3.05) is 13.1 Å². The van der Waals surface area contributed by atoms with Crippen molar-refractivity contribution in [1.82, 2.24) is 9.88 Å². The van der Waals surface area contributed by atoms with Gasteiger partial charge in [0.1, 0.15) is 5.69 Å². The summed E-state index contributed by atoms with van der Waals surface area (Å²) in [5.74, 6) is -0.0987. The highest BCUT2D eigenvalue weighted by molar-refractivity contribution is 5.85. The summed E-state index contributed by atoms with van der Waals surface area (Å²) < 4.78 is 0. The fourth-order valence-corrected chi connectivity index (χ4v) is 2.16. The highest BCUT2D eigenvalue weighted by atomic mass is 16.4. The number of hydrogen-bond donors (Lipinski definition) is 1. The number of aromatic carboxylic acids is 1. The lowest BCUT2D eigenvalue weighted by atomic mass is 10.2. The third-order valence-corrected chi connectivity index (χ3v) is 3.20. The standard InChI is InChI=1S/C14H20N2O2/c1-2-7-16(9-11-3-4-11)10-12-5-6-15-13(8-12)14(17)18/h5-6,8,11H,2-4,7,9-10H2,1H3,(H,17,18). The average Bonchev–Trinajstić information content (AvgIpc) is 3.13. The quantitative estimate of drug-likeness (QED) is 0.805. The molecule has 0 spiro atoms. The lowest BCUT2D eigenvalue weighted by molar-refractivity contribution is 0.0690. The van der Waals surface area contributed by atoms with E-state index in [0.29, 0.717) is 0 Å². The van der Waals surface area contributed by atoms with E-state index >= 15 is 0 Å². The van der Waals surface area contributed by atoms with Crippen molar-refractivity contribution < 1.29 is 9.90 Å². The number of hydrogen-bond acceptors (Lipinski definition) is 3. The van der Waals surface area contributed by atoms with Crippen molar-refractivity contribution in [2.24, 2.45) is 5.92 Å². The summed E-state index contributed by atoms with van der Waals surface area (Å²) in [7, 11) is 0. The van der Waals surface area contributed by atoms with Gasteiger partial charge in [0.25, 0.3) is 0 Å². The summed E-state index contributed by atoms with van der Waals surface area (Å²) in [6.07, 6.45) is 5.40. The zero-order chi connectivity index (χ0) is 13.0. The second kappa shape index (κ2) is 5.96. The Morgan fingerprint density at radius 1 is 1.56 bits per heavy atom. The molecule has 18 heavy (non-hydrogen) atoms. The monoisotopic (exact) mass is 248 g/mol. The minimum atomic E-state index is -0.957.